The quantitative estimate of drug-likeness (QED) is 0.119. The fourth-order valence-corrected chi connectivity index (χ4v) is 4.43. The number of hydrogen-bond donors (Lipinski definition) is 0. The largest absolute Gasteiger partial charge is 0.465 e. The molecular formula is C27H30N2O8. The number of aromatic nitrogens is 1. The van der Waals surface area contributed by atoms with Crippen molar-refractivity contribution in [3.05, 3.63) is 82.0 Å². The summed E-state index contributed by atoms with van der Waals surface area (Å²) in [4.78, 5) is 50.6. The zero-order chi connectivity index (χ0) is 26.9. The summed E-state index contributed by atoms with van der Waals surface area (Å²) in [7, 11) is 0. The maximum absolute atomic E-state index is 13.1. The monoisotopic (exact) mass is 510 g/mol. The summed E-state index contributed by atoms with van der Waals surface area (Å²) in [5.41, 5.74) is 1.95. The number of ether oxygens (including phenoxy) is 3. The van der Waals surface area contributed by atoms with E-state index in [2.05, 4.69) is 0 Å². The number of hydrogen-bond acceptors (Lipinski definition) is 8. The van der Waals surface area contributed by atoms with Gasteiger partial charge in [0.25, 0.3) is 0 Å². The Kier molecular flexibility index (Phi) is 9.37. The van der Waals surface area contributed by atoms with Gasteiger partial charge in [-0.1, -0.05) is 48.5 Å². The van der Waals surface area contributed by atoms with Crippen LogP contribution in [0.1, 0.15) is 37.8 Å². The maximum atomic E-state index is 13.1. The first-order chi connectivity index (χ1) is 17.8. The van der Waals surface area contributed by atoms with Gasteiger partial charge in [0.1, 0.15) is 0 Å². The number of para-hydroxylation sites is 1. The molecule has 2 aromatic carbocycles. The molecule has 0 aliphatic rings. The van der Waals surface area contributed by atoms with Gasteiger partial charge in [0, 0.05) is 28.6 Å². The van der Waals surface area contributed by atoms with Gasteiger partial charge < -0.3 is 18.8 Å². The lowest BCUT2D eigenvalue weighted by molar-refractivity contribution is -0.515. The Morgan fingerprint density at radius 2 is 1.38 bits per heavy atom. The van der Waals surface area contributed by atoms with Crippen LogP contribution in [0.15, 0.2) is 60.8 Å². The van der Waals surface area contributed by atoms with Crippen molar-refractivity contribution in [3.8, 4) is 0 Å². The first-order valence-electron chi connectivity index (χ1n) is 12.1. The third kappa shape index (κ3) is 6.14. The van der Waals surface area contributed by atoms with Gasteiger partial charge in [-0.25, -0.2) is 4.79 Å². The summed E-state index contributed by atoms with van der Waals surface area (Å²) in [5, 5.41) is 12.9. The molecule has 3 rings (SSSR count). The van der Waals surface area contributed by atoms with Crippen LogP contribution in [0.4, 0.5) is 0 Å². The molecule has 0 N–H and O–H groups in total. The minimum atomic E-state index is -2.06. The molecule has 196 valence electrons. The number of nitro groups is 1. The van der Waals surface area contributed by atoms with Crippen LogP contribution in [0.3, 0.4) is 0 Å². The Morgan fingerprint density at radius 3 is 1.95 bits per heavy atom. The Bertz CT molecular complexity index is 1240. The number of rotatable bonds is 12. The molecule has 10 nitrogen and oxygen atoms in total. The molecule has 0 amide bonds. The lowest BCUT2D eigenvalue weighted by Crippen LogP contribution is -2.46. The van der Waals surface area contributed by atoms with E-state index in [0.717, 1.165) is 5.56 Å². The van der Waals surface area contributed by atoms with Crippen molar-refractivity contribution in [3.63, 3.8) is 0 Å². The molecule has 0 saturated carbocycles. The molecule has 0 bridgehead atoms. The molecule has 3 aromatic rings. The normalized spacial score (nSPS) is 12.6. The van der Waals surface area contributed by atoms with Crippen LogP contribution in [0.25, 0.3) is 10.9 Å². The third-order valence-electron chi connectivity index (χ3n) is 5.91. The summed E-state index contributed by atoms with van der Waals surface area (Å²) in [6, 6.07) is 14.6. The molecule has 37 heavy (non-hydrogen) atoms. The van der Waals surface area contributed by atoms with Crippen molar-refractivity contribution < 1.29 is 33.5 Å². The molecule has 10 heteroatoms. The number of benzene rings is 2. The molecule has 1 heterocycles. The van der Waals surface area contributed by atoms with Crippen LogP contribution < -0.4 is 0 Å². The van der Waals surface area contributed by atoms with Crippen molar-refractivity contribution in [2.24, 2.45) is 5.92 Å². The third-order valence-corrected chi connectivity index (χ3v) is 5.91. The summed E-state index contributed by atoms with van der Waals surface area (Å²) in [5.74, 6) is -6.50. The minimum Gasteiger partial charge on any atom is -0.465 e. The van der Waals surface area contributed by atoms with Crippen LogP contribution in [-0.4, -0.2) is 53.3 Å². The summed E-state index contributed by atoms with van der Waals surface area (Å²) >= 11 is 0. The van der Waals surface area contributed by atoms with E-state index in [0.29, 0.717) is 17.4 Å². The highest BCUT2D eigenvalue weighted by atomic mass is 16.6. The predicted molar refractivity (Wildman–Crippen MR) is 134 cm³/mol. The predicted octanol–water partition coefficient (Wildman–Crippen LogP) is 3.72. The molecule has 2 atom stereocenters. The highest BCUT2D eigenvalue weighted by Gasteiger charge is 2.53. The van der Waals surface area contributed by atoms with E-state index < -0.39 is 40.7 Å². The van der Waals surface area contributed by atoms with Gasteiger partial charge in [-0.2, -0.15) is 0 Å². The maximum Gasteiger partial charge on any atom is 0.382 e. The molecular weight excluding hydrogens is 480 g/mol. The van der Waals surface area contributed by atoms with E-state index in [4.69, 9.17) is 14.2 Å². The molecule has 0 spiro atoms. The van der Waals surface area contributed by atoms with Crippen LogP contribution in [0.2, 0.25) is 0 Å². The molecule has 0 aliphatic carbocycles. The van der Waals surface area contributed by atoms with Gasteiger partial charge in [0.2, 0.25) is 0 Å². The second kappa shape index (κ2) is 12.7. The van der Waals surface area contributed by atoms with Crippen LogP contribution in [0, 0.1) is 16.0 Å². The first kappa shape index (κ1) is 27.4. The molecule has 0 aliphatic heterocycles. The van der Waals surface area contributed by atoms with E-state index in [-0.39, 0.29) is 25.4 Å². The Balaban J connectivity index is 2.29. The Hall–Kier alpha value is -4.21. The second-order valence-corrected chi connectivity index (χ2v) is 8.20. The zero-order valence-corrected chi connectivity index (χ0v) is 21.0. The SMILES string of the molecule is CCOC(=O)C(C(=O)OCC)C(c1cn(Cc2ccccc2)c2ccccc12)C(C(=O)OCC)[N+](=O)[O-]. The van der Waals surface area contributed by atoms with Crippen LogP contribution in [-0.2, 0) is 35.1 Å². The van der Waals surface area contributed by atoms with Gasteiger partial charge in [0.15, 0.2) is 5.92 Å². The molecule has 2 unspecified atom stereocenters. The standard InChI is InChI=1S/C27H30N2O8/c1-4-35-25(30)23(26(31)36-5-2)22(24(29(33)34)27(32)37-6-3)20-17-28(16-18-12-8-7-9-13-18)21-15-11-10-14-19(20)21/h7-15,17,22-24H,4-6,16H2,1-3H3. The number of carbonyl (C=O) groups excluding carboxylic acids is 3. The average Bonchev–Trinajstić information content (AvgIpc) is 3.22. The van der Waals surface area contributed by atoms with Gasteiger partial charge in [-0.05, 0) is 38.0 Å². The summed E-state index contributed by atoms with van der Waals surface area (Å²) in [6.45, 7) is 4.78. The van der Waals surface area contributed by atoms with Crippen LogP contribution in [0.5, 0.6) is 0 Å². The van der Waals surface area contributed by atoms with E-state index in [1.54, 1.807) is 32.2 Å². The van der Waals surface area contributed by atoms with E-state index in [9.17, 15) is 24.5 Å². The van der Waals surface area contributed by atoms with Gasteiger partial charge >= 0.3 is 23.9 Å². The topological polar surface area (TPSA) is 127 Å². The zero-order valence-electron chi connectivity index (χ0n) is 21.0. The van der Waals surface area contributed by atoms with Crippen LogP contribution >= 0.6 is 0 Å². The fourth-order valence-electron chi connectivity index (χ4n) is 4.43. The van der Waals surface area contributed by atoms with Crippen molar-refractivity contribution in [1.82, 2.24) is 4.57 Å². The first-order valence-corrected chi connectivity index (χ1v) is 12.1. The van der Waals surface area contributed by atoms with Crippen molar-refractivity contribution >= 4 is 28.8 Å². The number of carbonyl (C=O) groups is 3. The minimum absolute atomic E-state index is 0.0697. The summed E-state index contributed by atoms with van der Waals surface area (Å²) in [6.07, 6.45) is 1.64. The number of fused-ring (bicyclic) bond motifs is 1. The molecule has 1 aromatic heterocycles. The highest BCUT2D eigenvalue weighted by molar-refractivity contribution is 5.98. The highest BCUT2D eigenvalue weighted by Crippen LogP contribution is 2.38. The average molecular weight is 511 g/mol. The molecule has 0 radical (unpaired) electrons. The number of nitrogens with zero attached hydrogens (tertiary/aromatic N) is 2. The van der Waals surface area contributed by atoms with E-state index in [1.165, 1.54) is 6.92 Å². The Labute approximate surface area is 214 Å². The lowest BCUT2D eigenvalue weighted by Gasteiger charge is -2.25. The van der Waals surface area contributed by atoms with Crippen molar-refractivity contribution in [2.75, 3.05) is 19.8 Å². The van der Waals surface area contributed by atoms with E-state index >= 15 is 0 Å². The molecule has 0 fully saturated rings. The number of esters is 3. The Morgan fingerprint density at radius 1 is 0.838 bits per heavy atom. The summed E-state index contributed by atoms with van der Waals surface area (Å²) < 4.78 is 17.2. The fraction of sp³-hybridized carbons (Fsp3) is 0.370. The van der Waals surface area contributed by atoms with E-state index in [1.807, 2.05) is 47.0 Å². The van der Waals surface area contributed by atoms with Crippen molar-refractivity contribution in [1.29, 1.82) is 0 Å². The lowest BCUT2D eigenvalue weighted by atomic mass is 9.80. The van der Waals surface area contributed by atoms with Gasteiger partial charge in [-0.15, -0.1) is 0 Å². The van der Waals surface area contributed by atoms with Gasteiger partial charge in [0.05, 0.1) is 25.7 Å². The smallest absolute Gasteiger partial charge is 0.382 e. The second-order valence-electron chi connectivity index (χ2n) is 8.20. The van der Waals surface area contributed by atoms with Gasteiger partial charge in [-0.3, -0.25) is 19.7 Å². The molecule has 0 saturated heterocycles. The van der Waals surface area contributed by atoms with Crippen molar-refractivity contribution in [2.45, 2.75) is 39.3 Å².